The Morgan fingerprint density at radius 3 is 2.95 bits per heavy atom. The molecule has 0 aliphatic carbocycles. The number of pyridine rings is 1. The van der Waals surface area contributed by atoms with Crippen molar-refractivity contribution in [3.05, 3.63) is 58.9 Å². The first-order valence-corrected chi connectivity index (χ1v) is 7.29. The molecule has 21 heavy (non-hydrogen) atoms. The maximum absolute atomic E-state index is 8.78. The van der Waals surface area contributed by atoms with Crippen LogP contribution in [0.4, 0.5) is 0 Å². The Bertz CT molecular complexity index is 549. The normalized spacial score (nSPS) is 10.6. The van der Waals surface area contributed by atoms with E-state index < -0.39 is 0 Å². The predicted molar refractivity (Wildman–Crippen MR) is 83.4 cm³/mol. The molecule has 1 aromatic carbocycles. The minimum Gasteiger partial charge on any atom is -0.489 e. The van der Waals surface area contributed by atoms with Gasteiger partial charge in [-0.25, -0.2) is 0 Å². The van der Waals surface area contributed by atoms with E-state index in [1.807, 2.05) is 30.3 Å². The van der Waals surface area contributed by atoms with Gasteiger partial charge in [-0.15, -0.1) is 0 Å². The van der Waals surface area contributed by atoms with E-state index in [1.165, 1.54) is 0 Å². The van der Waals surface area contributed by atoms with Crippen LogP contribution in [0.3, 0.4) is 0 Å². The third kappa shape index (κ3) is 5.34. The van der Waals surface area contributed by atoms with Gasteiger partial charge in [0, 0.05) is 41.7 Å². The summed E-state index contributed by atoms with van der Waals surface area (Å²) in [5.74, 6) is 0.805. The van der Waals surface area contributed by atoms with Crippen LogP contribution in [0.15, 0.2) is 42.7 Å². The highest BCUT2D eigenvalue weighted by atomic mass is 35.5. The summed E-state index contributed by atoms with van der Waals surface area (Å²) in [6.07, 6.45) is 4.25. The van der Waals surface area contributed by atoms with E-state index in [0.717, 1.165) is 29.8 Å². The summed E-state index contributed by atoms with van der Waals surface area (Å²) in [7, 11) is 0. The highest BCUT2D eigenvalue weighted by Crippen LogP contribution is 2.23. The van der Waals surface area contributed by atoms with Crippen LogP contribution in [-0.2, 0) is 13.2 Å². The van der Waals surface area contributed by atoms with Crippen molar-refractivity contribution in [2.24, 2.45) is 0 Å². The fourth-order valence-electron chi connectivity index (χ4n) is 1.90. The molecule has 0 aliphatic heterocycles. The molecule has 4 nitrogen and oxygen atoms in total. The van der Waals surface area contributed by atoms with Crippen LogP contribution in [0.25, 0.3) is 0 Å². The smallest absolute Gasteiger partial charge is 0.124 e. The molecule has 2 rings (SSSR count). The molecule has 0 spiro atoms. The predicted octanol–water partition coefficient (Wildman–Crippen LogP) is 2.79. The van der Waals surface area contributed by atoms with Crippen LogP contribution >= 0.6 is 11.6 Å². The van der Waals surface area contributed by atoms with Crippen molar-refractivity contribution < 1.29 is 9.84 Å². The maximum atomic E-state index is 8.78. The topological polar surface area (TPSA) is 54.4 Å². The SMILES string of the molecule is OCCCNCc1cc(Cl)ccc1OCc1cccnc1. The van der Waals surface area contributed by atoms with Gasteiger partial charge in [-0.3, -0.25) is 4.98 Å². The van der Waals surface area contributed by atoms with Gasteiger partial charge in [0.25, 0.3) is 0 Å². The van der Waals surface area contributed by atoms with Crippen LogP contribution in [-0.4, -0.2) is 23.2 Å². The summed E-state index contributed by atoms with van der Waals surface area (Å²) in [6, 6.07) is 9.45. The minimum atomic E-state index is 0.187. The molecular formula is C16H19ClN2O2. The van der Waals surface area contributed by atoms with Crippen molar-refractivity contribution in [1.29, 1.82) is 0 Å². The molecule has 0 radical (unpaired) electrons. The summed E-state index contributed by atoms with van der Waals surface area (Å²) in [5, 5.41) is 12.7. The molecule has 0 aliphatic rings. The van der Waals surface area contributed by atoms with Gasteiger partial charge in [-0.2, -0.15) is 0 Å². The average molecular weight is 307 g/mol. The first-order valence-electron chi connectivity index (χ1n) is 6.91. The first kappa shape index (κ1) is 15.8. The average Bonchev–Trinajstić information content (AvgIpc) is 2.52. The van der Waals surface area contributed by atoms with Gasteiger partial charge in [0.15, 0.2) is 0 Å². The Hall–Kier alpha value is -1.62. The maximum Gasteiger partial charge on any atom is 0.124 e. The van der Waals surface area contributed by atoms with E-state index in [0.29, 0.717) is 18.2 Å². The fourth-order valence-corrected chi connectivity index (χ4v) is 2.09. The van der Waals surface area contributed by atoms with Crippen molar-refractivity contribution in [1.82, 2.24) is 10.3 Å². The first-order chi connectivity index (χ1) is 10.3. The quantitative estimate of drug-likeness (QED) is 0.736. The molecule has 0 bridgehead atoms. The zero-order valence-corrected chi connectivity index (χ0v) is 12.5. The number of aromatic nitrogens is 1. The van der Waals surface area contributed by atoms with Gasteiger partial charge in [-0.05, 0) is 37.2 Å². The van der Waals surface area contributed by atoms with E-state index in [2.05, 4.69) is 10.3 Å². The van der Waals surface area contributed by atoms with Crippen molar-refractivity contribution >= 4 is 11.6 Å². The van der Waals surface area contributed by atoms with Crippen LogP contribution in [0.1, 0.15) is 17.5 Å². The van der Waals surface area contributed by atoms with Crippen molar-refractivity contribution in [3.8, 4) is 5.75 Å². The van der Waals surface area contributed by atoms with Crippen LogP contribution < -0.4 is 10.1 Å². The summed E-state index contributed by atoms with van der Waals surface area (Å²) >= 11 is 6.04. The Kier molecular flexibility index (Phi) is 6.47. The van der Waals surface area contributed by atoms with E-state index >= 15 is 0 Å². The fraction of sp³-hybridized carbons (Fsp3) is 0.312. The lowest BCUT2D eigenvalue weighted by Gasteiger charge is -2.12. The molecule has 0 amide bonds. The highest BCUT2D eigenvalue weighted by molar-refractivity contribution is 6.30. The highest BCUT2D eigenvalue weighted by Gasteiger charge is 2.05. The summed E-state index contributed by atoms with van der Waals surface area (Å²) in [5.41, 5.74) is 2.02. The van der Waals surface area contributed by atoms with Gasteiger partial charge < -0.3 is 15.2 Å². The van der Waals surface area contributed by atoms with Crippen molar-refractivity contribution in [2.45, 2.75) is 19.6 Å². The summed E-state index contributed by atoms with van der Waals surface area (Å²) in [4.78, 5) is 4.07. The molecule has 1 aromatic heterocycles. The monoisotopic (exact) mass is 306 g/mol. The van der Waals surface area contributed by atoms with E-state index in [9.17, 15) is 0 Å². The lowest BCUT2D eigenvalue weighted by molar-refractivity contribution is 0.285. The number of halogens is 1. The van der Waals surface area contributed by atoms with Gasteiger partial charge in [-0.1, -0.05) is 17.7 Å². The molecular weight excluding hydrogens is 288 g/mol. The van der Waals surface area contributed by atoms with E-state index in [-0.39, 0.29) is 6.61 Å². The second-order valence-electron chi connectivity index (χ2n) is 4.66. The van der Waals surface area contributed by atoms with Gasteiger partial charge in [0.1, 0.15) is 12.4 Å². The number of benzene rings is 1. The van der Waals surface area contributed by atoms with E-state index in [4.69, 9.17) is 21.4 Å². The lowest BCUT2D eigenvalue weighted by atomic mass is 10.2. The molecule has 0 saturated carbocycles. The summed E-state index contributed by atoms with van der Waals surface area (Å²) < 4.78 is 5.85. The third-order valence-corrected chi connectivity index (χ3v) is 3.20. The number of nitrogens with one attached hydrogen (secondary N) is 1. The zero-order valence-electron chi connectivity index (χ0n) is 11.8. The number of aliphatic hydroxyl groups is 1. The molecule has 0 fully saturated rings. The Labute approximate surface area is 129 Å². The van der Waals surface area contributed by atoms with Crippen molar-refractivity contribution in [2.75, 3.05) is 13.2 Å². The van der Waals surface area contributed by atoms with Crippen LogP contribution in [0.2, 0.25) is 5.02 Å². The van der Waals surface area contributed by atoms with Gasteiger partial charge in [0.2, 0.25) is 0 Å². The Morgan fingerprint density at radius 2 is 2.19 bits per heavy atom. The molecule has 5 heteroatoms. The number of hydrogen-bond acceptors (Lipinski definition) is 4. The molecule has 112 valence electrons. The Morgan fingerprint density at radius 1 is 1.29 bits per heavy atom. The Balaban J connectivity index is 1.97. The summed E-state index contributed by atoms with van der Waals surface area (Å²) in [6.45, 7) is 2.07. The molecule has 0 atom stereocenters. The lowest BCUT2D eigenvalue weighted by Crippen LogP contribution is -2.16. The third-order valence-electron chi connectivity index (χ3n) is 2.97. The number of nitrogens with zero attached hydrogens (tertiary/aromatic N) is 1. The van der Waals surface area contributed by atoms with Gasteiger partial charge in [0.05, 0.1) is 0 Å². The second kappa shape index (κ2) is 8.62. The molecule has 2 aromatic rings. The molecule has 1 heterocycles. The number of rotatable bonds is 8. The van der Waals surface area contributed by atoms with Crippen LogP contribution in [0.5, 0.6) is 5.75 Å². The van der Waals surface area contributed by atoms with Gasteiger partial charge >= 0.3 is 0 Å². The second-order valence-corrected chi connectivity index (χ2v) is 5.09. The zero-order chi connectivity index (χ0) is 14.9. The number of aliphatic hydroxyl groups excluding tert-OH is 1. The van der Waals surface area contributed by atoms with Crippen molar-refractivity contribution in [3.63, 3.8) is 0 Å². The number of hydrogen-bond donors (Lipinski definition) is 2. The minimum absolute atomic E-state index is 0.187. The van der Waals surface area contributed by atoms with E-state index in [1.54, 1.807) is 12.4 Å². The largest absolute Gasteiger partial charge is 0.489 e. The van der Waals surface area contributed by atoms with Crippen LogP contribution in [0, 0.1) is 0 Å². The molecule has 2 N–H and O–H groups in total. The standard InChI is InChI=1S/C16H19ClN2O2/c17-15-4-5-16(14(9-15)11-19-7-2-8-20)21-12-13-3-1-6-18-10-13/h1,3-6,9-10,19-20H,2,7-8,11-12H2. The molecule has 0 unspecified atom stereocenters. The number of ether oxygens (including phenoxy) is 1. The molecule has 0 saturated heterocycles.